The summed E-state index contributed by atoms with van der Waals surface area (Å²) in [6.07, 6.45) is 68.1. The van der Waals surface area contributed by atoms with E-state index in [0.717, 1.165) is 165 Å². The summed E-state index contributed by atoms with van der Waals surface area (Å²) in [5.74, 6) is 19.4. The van der Waals surface area contributed by atoms with Crippen molar-refractivity contribution in [2.24, 2.45) is 105 Å². The van der Waals surface area contributed by atoms with Gasteiger partial charge in [0.2, 0.25) is 0 Å². The number of ether oxygens (including phenoxy) is 1. The van der Waals surface area contributed by atoms with Crippen LogP contribution in [0.15, 0.2) is 68.9 Å². The highest BCUT2D eigenvalue weighted by Crippen LogP contribution is 2.70. The van der Waals surface area contributed by atoms with E-state index in [9.17, 15) is 29.7 Å². The predicted molar refractivity (Wildman–Crippen MR) is 382 cm³/mol. The molecule has 0 aromatic carbocycles. The van der Waals surface area contributed by atoms with Crippen molar-refractivity contribution in [3.8, 4) is 37.0 Å². The minimum atomic E-state index is -0.893. The quantitative estimate of drug-likeness (QED) is 0.189. The van der Waals surface area contributed by atoms with Crippen LogP contribution in [-0.4, -0.2) is 62.7 Å². The van der Waals surface area contributed by atoms with Gasteiger partial charge < -0.3 is 20.1 Å². The Bertz CT molecular complexity index is 3170. The van der Waals surface area contributed by atoms with Crippen molar-refractivity contribution in [1.29, 1.82) is 0 Å². The maximum absolute atomic E-state index is 12.5. The minimum Gasteiger partial charge on any atom is -0.381 e. The number of Topliss-reactive ketones (excluding diaryl/α,β-unsaturated/α-hetero) is 1. The zero-order valence-corrected chi connectivity index (χ0v) is 59.9. The Morgan fingerprint density at radius 1 is 0.432 bits per heavy atom. The van der Waals surface area contributed by atoms with Crippen molar-refractivity contribution >= 4 is 17.3 Å². The van der Waals surface area contributed by atoms with Gasteiger partial charge in [-0.1, -0.05) is 102 Å². The topological polar surface area (TPSA) is 121 Å². The molecular weight excluding hydrogens is 1170 g/mol. The molecule has 0 radical (unpaired) electrons. The average molecular weight is 1290 g/mol. The Hall–Kier alpha value is -4.03. The van der Waals surface area contributed by atoms with E-state index >= 15 is 0 Å². The number of terminal acetylenes is 3. The molecular formula is C88H122O7. The largest absolute Gasteiger partial charge is 0.381 e. The fraction of sp³-hybridized carbons (Fsp3) is 0.761. The number of aliphatic hydroxyl groups is 3. The third kappa shape index (κ3) is 11.5. The van der Waals surface area contributed by atoms with Crippen LogP contribution >= 0.6 is 0 Å². The van der Waals surface area contributed by atoms with Crippen molar-refractivity contribution in [3.63, 3.8) is 0 Å². The number of carbonyl (C=O) groups excluding carboxylic acids is 3. The summed E-state index contributed by atoms with van der Waals surface area (Å²) in [5.41, 5.74) is 10.4. The summed E-state index contributed by atoms with van der Waals surface area (Å²) >= 11 is 0. The van der Waals surface area contributed by atoms with E-state index in [0.29, 0.717) is 76.5 Å². The Morgan fingerprint density at radius 2 is 0.842 bits per heavy atom. The second kappa shape index (κ2) is 27.5. The monoisotopic (exact) mass is 1290 g/mol. The van der Waals surface area contributed by atoms with Gasteiger partial charge in [-0.2, -0.15) is 0 Å². The van der Waals surface area contributed by atoms with Crippen LogP contribution in [0.2, 0.25) is 0 Å². The zero-order valence-electron chi connectivity index (χ0n) is 59.9. The highest BCUT2D eigenvalue weighted by molar-refractivity contribution is 5.92. The van der Waals surface area contributed by atoms with Gasteiger partial charge in [0.05, 0.1) is 0 Å². The normalized spacial score (nSPS) is 45.3. The van der Waals surface area contributed by atoms with E-state index in [1.807, 2.05) is 12.2 Å². The van der Waals surface area contributed by atoms with Crippen molar-refractivity contribution in [1.82, 2.24) is 0 Å². The summed E-state index contributed by atoms with van der Waals surface area (Å²) in [6, 6.07) is 0. The molecule has 17 aliphatic rings. The lowest BCUT2D eigenvalue weighted by Gasteiger charge is -2.55. The smallest absolute Gasteiger partial charge is 0.155 e. The van der Waals surface area contributed by atoms with Gasteiger partial charge in [-0.15, -0.1) is 19.3 Å². The van der Waals surface area contributed by atoms with Gasteiger partial charge in [-0.05, 0) is 334 Å². The van der Waals surface area contributed by atoms with Crippen LogP contribution in [0.1, 0.15) is 286 Å². The maximum Gasteiger partial charge on any atom is 0.155 e. The number of carbonyl (C=O) groups is 3. The number of ketones is 3. The van der Waals surface area contributed by atoms with Crippen molar-refractivity contribution in [3.05, 3.63) is 68.9 Å². The minimum absolute atomic E-state index is 0.0125. The summed E-state index contributed by atoms with van der Waals surface area (Å²) in [6.45, 7) is 15.5. The zero-order chi connectivity index (χ0) is 66.9. The molecule has 0 aromatic heterocycles. The van der Waals surface area contributed by atoms with Crippen LogP contribution in [0, 0.1) is 142 Å². The molecule has 7 heteroatoms. The third-order valence-electron chi connectivity index (χ3n) is 32.2. The average Bonchev–Trinajstić information content (AvgIpc) is 1.64. The molecule has 21 atom stereocenters. The van der Waals surface area contributed by atoms with Crippen LogP contribution in [0.4, 0.5) is 0 Å². The van der Waals surface area contributed by atoms with Gasteiger partial charge in [-0.3, -0.25) is 14.4 Å². The van der Waals surface area contributed by atoms with E-state index < -0.39 is 16.8 Å². The molecule has 516 valence electrons. The molecule has 7 nitrogen and oxygen atoms in total. The van der Waals surface area contributed by atoms with Gasteiger partial charge in [0.1, 0.15) is 22.6 Å². The van der Waals surface area contributed by atoms with Crippen molar-refractivity contribution < 1.29 is 34.4 Å². The fourth-order valence-corrected chi connectivity index (χ4v) is 27.6. The standard InChI is InChI=1S/C22H30O.2C21H28O2.C20H28O.C4H8O/c1-4-21-12-10-18-17-8-6-15(3)14-16(17)7-9-19(18)20(21)11-13-22(21,23)5-2;2*1-3-20-11-9-17-16-8-6-15(22)13-14(16)5-7-18(17)19(20)10-12-21(20,23)4-2;1-3-20-11-10-16-15-6-4-13(2)12-14(15)5-7-17(16)18(20)8-9-19(20)21;1-2-4-5-3-1/h2,6,18-20,23H,4,7-14H2,1,3H3;2*2,13,16-19,23H,3,5-12H2,1H3;4,16-18H,3,5-12H2,1-2H3;1-4H2/t18?,19?,20?,21-,22-;2*16?,17?,18?,19?,20-,21-;16?,17?,18?,20-;/m0000./s1. The van der Waals surface area contributed by atoms with E-state index in [1.165, 1.54) is 127 Å². The second-order valence-corrected chi connectivity index (χ2v) is 34.7. The molecule has 10 saturated carbocycles. The molecule has 0 bridgehead atoms. The number of hydrogen-bond donors (Lipinski definition) is 3. The SMILES string of the molecule is C#C[C@]1(O)CCC2C3CCC4=C(CC=C(C)C4)C3CC[C@@]21CC.C#C[C@]1(O)CCC2C3CCC4=CC(=O)CCC4C3CC[C@@]21CC.C#C[C@]1(O)CCC2C3CCC4=CC(=O)CCC4C3CC[C@@]21CC.C1CCOC1.CC[C@]12CCC3C4=C(CCC3C1CCC2=O)CC(C)=CC4. The van der Waals surface area contributed by atoms with Crippen molar-refractivity contribution in [2.45, 2.75) is 302 Å². The Balaban J connectivity index is 0.000000112. The van der Waals surface area contributed by atoms with Crippen LogP contribution in [0.5, 0.6) is 0 Å². The first-order chi connectivity index (χ1) is 45.8. The molecule has 11 fully saturated rings. The number of fused-ring (bicyclic) bond motifs is 18. The van der Waals surface area contributed by atoms with Crippen molar-refractivity contribution in [2.75, 3.05) is 13.2 Å². The lowest BCUT2D eigenvalue weighted by atomic mass is 9.49. The van der Waals surface area contributed by atoms with E-state index in [-0.39, 0.29) is 21.7 Å². The summed E-state index contributed by atoms with van der Waals surface area (Å²) < 4.78 is 4.94. The van der Waals surface area contributed by atoms with E-state index in [2.05, 4.69) is 71.5 Å². The van der Waals surface area contributed by atoms with Gasteiger partial charge >= 0.3 is 0 Å². The van der Waals surface area contributed by atoms with Gasteiger partial charge in [-0.25, -0.2) is 0 Å². The third-order valence-corrected chi connectivity index (χ3v) is 32.2. The first kappa shape index (κ1) is 69.4. The van der Waals surface area contributed by atoms with E-state index in [1.54, 1.807) is 33.4 Å². The highest BCUT2D eigenvalue weighted by atomic mass is 16.5. The van der Waals surface area contributed by atoms with Gasteiger partial charge in [0.25, 0.3) is 0 Å². The molecule has 1 heterocycles. The number of hydrogen-bond acceptors (Lipinski definition) is 7. The van der Waals surface area contributed by atoms with Gasteiger partial charge in [0, 0.05) is 54.1 Å². The Kier molecular flexibility index (Phi) is 20.1. The lowest BCUT2D eigenvalue weighted by Crippen LogP contribution is -2.53. The van der Waals surface area contributed by atoms with Gasteiger partial charge in [0.15, 0.2) is 11.6 Å². The fourth-order valence-electron chi connectivity index (χ4n) is 27.6. The molecule has 0 aromatic rings. The molecule has 1 aliphatic heterocycles. The molecule has 14 unspecified atom stereocenters. The Labute approximate surface area is 574 Å². The second-order valence-electron chi connectivity index (χ2n) is 34.7. The highest BCUT2D eigenvalue weighted by Gasteiger charge is 2.66. The van der Waals surface area contributed by atoms with E-state index in [4.69, 9.17) is 24.0 Å². The molecule has 0 amide bonds. The summed E-state index contributed by atoms with van der Waals surface area (Å²) in [4.78, 5) is 36.0. The molecule has 0 spiro atoms. The first-order valence-corrected chi connectivity index (χ1v) is 39.7. The molecule has 3 N–H and O–H groups in total. The number of rotatable bonds is 4. The molecule has 1 saturated heterocycles. The predicted octanol–water partition coefficient (Wildman–Crippen LogP) is 18.8. The molecule has 16 aliphatic carbocycles. The Morgan fingerprint density at radius 3 is 1.25 bits per heavy atom. The maximum atomic E-state index is 12.5. The molecule has 17 rings (SSSR count). The number of allylic oxidation sites excluding steroid dienone is 10. The van der Waals surface area contributed by atoms with Crippen LogP contribution < -0.4 is 0 Å². The summed E-state index contributed by atoms with van der Waals surface area (Å²) in [5, 5.41) is 33.4. The summed E-state index contributed by atoms with van der Waals surface area (Å²) in [7, 11) is 0. The van der Waals surface area contributed by atoms with Crippen LogP contribution in [0.25, 0.3) is 0 Å². The van der Waals surface area contributed by atoms with Crippen LogP contribution in [0.3, 0.4) is 0 Å². The molecule has 95 heavy (non-hydrogen) atoms. The first-order valence-electron chi connectivity index (χ1n) is 39.7. The van der Waals surface area contributed by atoms with Crippen LogP contribution in [-0.2, 0) is 19.1 Å². The lowest BCUT2D eigenvalue weighted by molar-refractivity contribution is -0.131.